The fraction of sp³-hybridized carbons (Fsp3) is 0.643. The van der Waals surface area contributed by atoms with Gasteiger partial charge in [-0.1, -0.05) is 19.4 Å². The van der Waals surface area contributed by atoms with Crippen LogP contribution in [0.3, 0.4) is 0 Å². The van der Waals surface area contributed by atoms with Crippen molar-refractivity contribution in [1.29, 1.82) is 0 Å². The van der Waals surface area contributed by atoms with Gasteiger partial charge in [0.25, 0.3) is 0 Å². The molecular formula is C14H23NOS. The molecule has 0 saturated heterocycles. The zero-order valence-electron chi connectivity index (χ0n) is 10.8. The van der Waals surface area contributed by atoms with E-state index in [1.807, 2.05) is 19.9 Å². The molecular weight excluding hydrogens is 230 g/mol. The molecule has 2 unspecified atom stereocenters. The van der Waals surface area contributed by atoms with Gasteiger partial charge in [-0.15, -0.1) is 11.3 Å². The van der Waals surface area contributed by atoms with Crippen LogP contribution in [0.5, 0.6) is 0 Å². The van der Waals surface area contributed by atoms with Gasteiger partial charge in [0.2, 0.25) is 0 Å². The first-order valence-corrected chi connectivity index (χ1v) is 7.28. The van der Waals surface area contributed by atoms with Crippen LogP contribution >= 0.6 is 11.3 Å². The summed E-state index contributed by atoms with van der Waals surface area (Å²) >= 11 is 1.73. The van der Waals surface area contributed by atoms with E-state index in [0.717, 1.165) is 25.7 Å². The fourth-order valence-electron chi connectivity index (χ4n) is 1.85. The van der Waals surface area contributed by atoms with E-state index >= 15 is 0 Å². The Balaban J connectivity index is 2.18. The predicted molar refractivity (Wildman–Crippen MR) is 74.3 cm³/mol. The van der Waals surface area contributed by atoms with Crippen LogP contribution in [-0.4, -0.2) is 11.8 Å². The molecule has 17 heavy (non-hydrogen) atoms. The highest BCUT2D eigenvalue weighted by molar-refractivity contribution is 7.09. The van der Waals surface area contributed by atoms with E-state index in [0.29, 0.717) is 12.2 Å². The highest BCUT2D eigenvalue weighted by Crippen LogP contribution is 2.16. The van der Waals surface area contributed by atoms with Gasteiger partial charge in [-0.05, 0) is 37.6 Å². The first-order valence-electron chi connectivity index (χ1n) is 6.40. The van der Waals surface area contributed by atoms with E-state index < -0.39 is 0 Å². The molecule has 3 heteroatoms. The number of rotatable bonds is 8. The molecule has 2 N–H and O–H groups in total. The number of thiophene rings is 1. The number of hydrogen-bond donors (Lipinski definition) is 1. The van der Waals surface area contributed by atoms with Crippen LogP contribution in [0.2, 0.25) is 0 Å². The minimum absolute atomic E-state index is 0.189. The van der Waals surface area contributed by atoms with Crippen LogP contribution in [0, 0.1) is 5.92 Å². The number of nitrogens with two attached hydrogens (primary N) is 1. The largest absolute Gasteiger partial charge is 0.328 e. The molecule has 0 radical (unpaired) electrons. The lowest BCUT2D eigenvalue weighted by Gasteiger charge is -2.11. The maximum Gasteiger partial charge on any atom is 0.136 e. The van der Waals surface area contributed by atoms with Crippen molar-refractivity contribution >= 4 is 17.1 Å². The van der Waals surface area contributed by atoms with E-state index in [1.54, 1.807) is 11.3 Å². The quantitative estimate of drug-likeness (QED) is 0.771. The molecule has 0 aliphatic rings. The van der Waals surface area contributed by atoms with Crippen molar-refractivity contribution in [2.45, 2.75) is 52.0 Å². The van der Waals surface area contributed by atoms with Gasteiger partial charge in [0.05, 0.1) is 0 Å². The van der Waals surface area contributed by atoms with Crippen molar-refractivity contribution in [1.82, 2.24) is 0 Å². The Morgan fingerprint density at radius 2 is 2.18 bits per heavy atom. The average Bonchev–Trinajstić information content (AvgIpc) is 2.78. The van der Waals surface area contributed by atoms with Gasteiger partial charge in [-0.25, -0.2) is 0 Å². The lowest BCUT2D eigenvalue weighted by molar-refractivity contribution is -0.122. The summed E-state index contributed by atoms with van der Waals surface area (Å²) in [5.74, 6) is 0.580. The SMILES string of the molecule is CC(N)CCCC(C)C(=O)CCc1cccs1. The molecule has 0 amide bonds. The van der Waals surface area contributed by atoms with Crippen LogP contribution < -0.4 is 5.73 Å². The van der Waals surface area contributed by atoms with E-state index in [4.69, 9.17) is 5.73 Å². The van der Waals surface area contributed by atoms with Gasteiger partial charge in [0, 0.05) is 23.3 Å². The number of ketones is 1. The van der Waals surface area contributed by atoms with Crippen LogP contribution in [-0.2, 0) is 11.2 Å². The third-order valence-electron chi connectivity index (χ3n) is 3.04. The maximum absolute atomic E-state index is 11.9. The van der Waals surface area contributed by atoms with Gasteiger partial charge >= 0.3 is 0 Å². The highest BCUT2D eigenvalue weighted by atomic mass is 32.1. The molecule has 0 saturated carbocycles. The van der Waals surface area contributed by atoms with Crippen molar-refractivity contribution in [2.24, 2.45) is 11.7 Å². The molecule has 0 spiro atoms. The van der Waals surface area contributed by atoms with Crippen LogP contribution in [0.15, 0.2) is 17.5 Å². The zero-order chi connectivity index (χ0) is 12.7. The standard InChI is InChI=1S/C14H23NOS/c1-11(5-3-6-12(2)15)14(16)9-8-13-7-4-10-17-13/h4,7,10-12H,3,5-6,8-9,15H2,1-2H3. The lowest BCUT2D eigenvalue weighted by Crippen LogP contribution is -2.16. The van der Waals surface area contributed by atoms with E-state index in [1.165, 1.54) is 4.88 Å². The molecule has 1 rings (SSSR count). The molecule has 1 aromatic rings. The normalized spacial score (nSPS) is 14.5. The topological polar surface area (TPSA) is 43.1 Å². The zero-order valence-corrected chi connectivity index (χ0v) is 11.6. The number of Topliss-reactive ketones (excluding diaryl/α,β-unsaturated/α-hetero) is 1. The van der Waals surface area contributed by atoms with Gasteiger partial charge in [-0.3, -0.25) is 4.79 Å². The summed E-state index contributed by atoms with van der Waals surface area (Å²) in [7, 11) is 0. The van der Waals surface area contributed by atoms with Crippen molar-refractivity contribution < 1.29 is 4.79 Å². The highest BCUT2D eigenvalue weighted by Gasteiger charge is 2.12. The molecule has 0 aliphatic carbocycles. The summed E-state index contributed by atoms with van der Waals surface area (Å²) < 4.78 is 0. The minimum Gasteiger partial charge on any atom is -0.328 e. The lowest BCUT2D eigenvalue weighted by atomic mass is 9.95. The Labute approximate surface area is 108 Å². The molecule has 1 aromatic heterocycles. The molecule has 1 heterocycles. The third-order valence-corrected chi connectivity index (χ3v) is 3.98. The molecule has 0 bridgehead atoms. The van der Waals surface area contributed by atoms with Gasteiger partial charge in [0.15, 0.2) is 0 Å². The van der Waals surface area contributed by atoms with Crippen molar-refractivity contribution in [2.75, 3.05) is 0 Å². The second-order valence-electron chi connectivity index (χ2n) is 4.85. The molecule has 0 fully saturated rings. The smallest absolute Gasteiger partial charge is 0.136 e. The number of carbonyl (C=O) groups is 1. The predicted octanol–water partition coefficient (Wildman–Crippen LogP) is 3.40. The Kier molecular flexibility index (Phi) is 6.45. The van der Waals surface area contributed by atoms with E-state index in [-0.39, 0.29) is 12.0 Å². The summed E-state index contributed by atoms with van der Waals surface area (Å²) in [6, 6.07) is 4.39. The summed E-state index contributed by atoms with van der Waals surface area (Å²) in [6.45, 7) is 4.06. The van der Waals surface area contributed by atoms with Crippen molar-refractivity contribution in [3.63, 3.8) is 0 Å². The first kappa shape index (κ1) is 14.4. The van der Waals surface area contributed by atoms with Crippen LogP contribution in [0.25, 0.3) is 0 Å². The summed E-state index contributed by atoms with van der Waals surface area (Å²) in [5, 5.41) is 2.06. The molecule has 0 aromatic carbocycles. The minimum atomic E-state index is 0.189. The Morgan fingerprint density at radius 3 is 2.76 bits per heavy atom. The number of aryl methyl sites for hydroxylation is 1. The van der Waals surface area contributed by atoms with E-state index in [2.05, 4.69) is 11.4 Å². The summed E-state index contributed by atoms with van der Waals surface area (Å²) in [4.78, 5) is 13.2. The van der Waals surface area contributed by atoms with Gasteiger partial charge in [0.1, 0.15) is 5.78 Å². The van der Waals surface area contributed by atoms with Gasteiger partial charge < -0.3 is 5.73 Å². The van der Waals surface area contributed by atoms with Crippen molar-refractivity contribution in [3.05, 3.63) is 22.4 Å². The van der Waals surface area contributed by atoms with Crippen molar-refractivity contribution in [3.8, 4) is 0 Å². The Hall–Kier alpha value is -0.670. The maximum atomic E-state index is 11.9. The second-order valence-corrected chi connectivity index (χ2v) is 5.89. The average molecular weight is 253 g/mol. The second kappa shape index (κ2) is 7.62. The monoisotopic (exact) mass is 253 g/mol. The van der Waals surface area contributed by atoms with Crippen LogP contribution in [0.4, 0.5) is 0 Å². The molecule has 0 aliphatic heterocycles. The molecule has 96 valence electrons. The fourth-order valence-corrected chi connectivity index (χ4v) is 2.56. The summed E-state index contributed by atoms with van der Waals surface area (Å²) in [6.07, 6.45) is 4.63. The Morgan fingerprint density at radius 1 is 1.41 bits per heavy atom. The van der Waals surface area contributed by atoms with Crippen LogP contribution in [0.1, 0.15) is 44.4 Å². The van der Waals surface area contributed by atoms with E-state index in [9.17, 15) is 4.79 Å². The molecule has 2 atom stereocenters. The number of carbonyl (C=O) groups excluding carboxylic acids is 1. The summed E-state index contributed by atoms with van der Waals surface area (Å²) in [5.41, 5.74) is 5.69. The number of hydrogen-bond acceptors (Lipinski definition) is 3. The van der Waals surface area contributed by atoms with Gasteiger partial charge in [-0.2, -0.15) is 0 Å². The third kappa shape index (κ3) is 5.99. The first-order chi connectivity index (χ1) is 8.09. The molecule has 2 nitrogen and oxygen atoms in total. The Bertz CT molecular complexity index is 319.